The minimum absolute atomic E-state index is 0.0401. The molecule has 0 aliphatic carbocycles. The van der Waals surface area contributed by atoms with Crippen molar-refractivity contribution < 1.29 is 9.53 Å². The maximum atomic E-state index is 13.0. The number of hydrogen-bond acceptors (Lipinski definition) is 4. The lowest BCUT2D eigenvalue weighted by atomic mass is 9.90. The third-order valence-electron chi connectivity index (χ3n) is 5.11. The first kappa shape index (κ1) is 18.4. The number of rotatable bonds is 6. The average Bonchev–Trinajstić information content (AvgIpc) is 2.75. The lowest BCUT2D eigenvalue weighted by Gasteiger charge is -2.31. The van der Waals surface area contributed by atoms with Crippen molar-refractivity contribution in [2.75, 3.05) is 13.1 Å². The highest BCUT2D eigenvalue weighted by atomic mass is 16.5. The van der Waals surface area contributed by atoms with Crippen LogP contribution in [0.5, 0.6) is 11.5 Å². The van der Waals surface area contributed by atoms with Crippen molar-refractivity contribution in [3.63, 3.8) is 0 Å². The van der Waals surface area contributed by atoms with Crippen molar-refractivity contribution in [1.29, 1.82) is 0 Å². The Morgan fingerprint density at radius 1 is 0.964 bits per heavy atom. The normalized spacial score (nSPS) is 17.2. The summed E-state index contributed by atoms with van der Waals surface area (Å²) in [5.41, 5.74) is 1.81. The van der Waals surface area contributed by atoms with Crippen LogP contribution in [0.25, 0.3) is 0 Å². The van der Waals surface area contributed by atoms with E-state index in [9.17, 15) is 4.79 Å². The number of likely N-dealkylation sites (tertiary alicyclic amines) is 1. The van der Waals surface area contributed by atoms with Gasteiger partial charge in [-0.1, -0.05) is 24.3 Å². The summed E-state index contributed by atoms with van der Waals surface area (Å²) in [6.45, 7) is 2.61. The molecule has 3 aromatic rings. The van der Waals surface area contributed by atoms with Crippen LogP contribution in [0.1, 0.15) is 28.9 Å². The van der Waals surface area contributed by atoms with Crippen LogP contribution in [-0.4, -0.2) is 28.8 Å². The lowest BCUT2D eigenvalue weighted by Crippen LogP contribution is -2.38. The third kappa shape index (κ3) is 4.65. The first-order chi connectivity index (χ1) is 13.8. The molecule has 0 N–H and O–H groups in total. The Morgan fingerprint density at radius 2 is 1.71 bits per heavy atom. The summed E-state index contributed by atoms with van der Waals surface area (Å²) >= 11 is 0. The summed E-state index contributed by atoms with van der Waals surface area (Å²) < 4.78 is 5.82. The number of carbonyl (C=O) groups excluding carboxylic acids is 1. The monoisotopic (exact) mass is 372 g/mol. The third-order valence-corrected chi connectivity index (χ3v) is 5.11. The lowest BCUT2D eigenvalue weighted by molar-refractivity contribution is 0.0810. The first-order valence-corrected chi connectivity index (χ1v) is 9.77. The molecule has 0 spiro atoms. The van der Waals surface area contributed by atoms with Crippen molar-refractivity contribution in [2.24, 2.45) is 5.92 Å². The van der Waals surface area contributed by atoms with Gasteiger partial charge in [-0.05, 0) is 67.9 Å². The summed E-state index contributed by atoms with van der Waals surface area (Å²) in [4.78, 5) is 19.7. The molecule has 28 heavy (non-hydrogen) atoms. The number of hydrogen-bond donors (Lipinski definition) is 0. The number of para-hydroxylation sites is 1. The molecule has 1 aliphatic rings. The number of pyridine rings is 1. The van der Waals surface area contributed by atoms with Crippen molar-refractivity contribution in [1.82, 2.24) is 9.88 Å². The van der Waals surface area contributed by atoms with Gasteiger partial charge in [0.05, 0.1) is 5.69 Å². The van der Waals surface area contributed by atoms with Crippen LogP contribution in [0.15, 0.2) is 79.0 Å². The SMILES string of the molecule is O=C(c1ccc(Oc2ccccc2)cc1)C1CCCN(Cc2ccccn2)C1. The van der Waals surface area contributed by atoms with E-state index in [-0.39, 0.29) is 11.7 Å². The van der Waals surface area contributed by atoms with E-state index in [0.29, 0.717) is 0 Å². The highest BCUT2D eigenvalue weighted by Gasteiger charge is 2.26. The van der Waals surface area contributed by atoms with Crippen LogP contribution in [0.2, 0.25) is 0 Å². The van der Waals surface area contributed by atoms with E-state index in [0.717, 1.165) is 55.2 Å². The smallest absolute Gasteiger partial charge is 0.167 e. The second kappa shape index (κ2) is 8.81. The molecule has 2 aromatic carbocycles. The van der Waals surface area contributed by atoms with Gasteiger partial charge in [-0.15, -0.1) is 0 Å². The van der Waals surface area contributed by atoms with E-state index in [1.165, 1.54) is 0 Å². The number of ether oxygens (including phenoxy) is 1. The molecule has 0 amide bonds. The Morgan fingerprint density at radius 3 is 2.46 bits per heavy atom. The van der Waals surface area contributed by atoms with Gasteiger partial charge in [0.25, 0.3) is 0 Å². The van der Waals surface area contributed by atoms with Crippen LogP contribution < -0.4 is 4.74 Å². The number of carbonyl (C=O) groups is 1. The Kier molecular flexibility index (Phi) is 5.78. The standard InChI is InChI=1S/C24H24N2O2/c27-24(19-11-13-23(14-12-19)28-22-9-2-1-3-10-22)20-7-6-16-26(17-20)18-21-8-4-5-15-25-21/h1-5,8-15,20H,6-7,16-18H2. The Balaban J connectivity index is 1.38. The minimum atomic E-state index is 0.0401. The van der Waals surface area contributed by atoms with Crippen molar-refractivity contribution in [3.05, 3.63) is 90.3 Å². The van der Waals surface area contributed by atoms with Gasteiger partial charge in [-0.2, -0.15) is 0 Å². The fourth-order valence-corrected chi connectivity index (χ4v) is 3.68. The predicted molar refractivity (Wildman–Crippen MR) is 110 cm³/mol. The molecule has 0 saturated carbocycles. The molecule has 2 heterocycles. The minimum Gasteiger partial charge on any atom is -0.457 e. The summed E-state index contributed by atoms with van der Waals surface area (Å²) in [6, 6.07) is 23.1. The van der Waals surface area contributed by atoms with E-state index >= 15 is 0 Å². The largest absolute Gasteiger partial charge is 0.457 e. The van der Waals surface area contributed by atoms with Crippen molar-refractivity contribution in [2.45, 2.75) is 19.4 Å². The van der Waals surface area contributed by atoms with Gasteiger partial charge in [0, 0.05) is 30.8 Å². The zero-order valence-corrected chi connectivity index (χ0v) is 15.8. The van der Waals surface area contributed by atoms with Gasteiger partial charge in [-0.3, -0.25) is 14.7 Å². The van der Waals surface area contributed by atoms with Gasteiger partial charge >= 0.3 is 0 Å². The van der Waals surface area contributed by atoms with Crippen molar-refractivity contribution in [3.8, 4) is 11.5 Å². The quantitative estimate of drug-likeness (QED) is 0.573. The number of nitrogens with zero attached hydrogens (tertiary/aromatic N) is 2. The Hall–Kier alpha value is -2.98. The maximum Gasteiger partial charge on any atom is 0.167 e. The van der Waals surface area contributed by atoms with E-state index in [4.69, 9.17) is 4.74 Å². The summed E-state index contributed by atoms with van der Waals surface area (Å²) in [5, 5.41) is 0. The molecule has 1 unspecified atom stereocenters. The number of aromatic nitrogens is 1. The molecule has 1 atom stereocenters. The van der Waals surface area contributed by atoms with Gasteiger partial charge < -0.3 is 4.74 Å². The topological polar surface area (TPSA) is 42.4 Å². The average molecular weight is 372 g/mol. The molecule has 1 aliphatic heterocycles. The maximum absolute atomic E-state index is 13.0. The number of ketones is 1. The second-order valence-electron chi connectivity index (χ2n) is 7.20. The molecule has 0 bridgehead atoms. The van der Waals surface area contributed by atoms with E-state index in [1.807, 2.05) is 79.0 Å². The zero-order chi connectivity index (χ0) is 19.2. The molecule has 4 heteroatoms. The molecule has 4 nitrogen and oxygen atoms in total. The summed E-state index contributed by atoms with van der Waals surface area (Å²) in [5.74, 6) is 1.79. The van der Waals surface area contributed by atoms with E-state index < -0.39 is 0 Å². The van der Waals surface area contributed by atoms with Crippen LogP contribution in [-0.2, 0) is 6.54 Å². The zero-order valence-electron chi connectivity index (χ0n) is 15.8. The second-order valence-corrected chi connectivity index (χ2v) is 7.20. The van der Waals surface area contributed by atoms with Crippen molar-refractivity contribution >= 4 is 5.78 Å². The number of piperidine rings is 1. The molecule has 1 saturated heterocycles. The van der Waals surface area contributed by atoms with Gasteiger partial charge in [0.2, 0.25) is 0 Å². The van der Waals surface area contributed by atoms with Crippen LogP contribution in [0.4, 0.5) is 0 Å². The molecule has 4 rings (SSSR count). The molecule has 0 radical (unpaired) electrons. The predicted octanol–water partition coefficient (Wildman–Crippen LogP) is 4.97. The fraction of sp³-hybridized carbons (Fsp3) is 0.250. The molecule has 142 valence electrons. The molecular weight excluding hydrogens is 348 g/mol. The number of benzene rings is 2. The Bertz CT molecular complexity index is 895. The van der Waals surface area contributed by atoms with E-state index in [1.54, 1.807) is 0 Å². The summed E-state index contributed by atoms with van der Waals surface area (Å²) in [6.07, 6.45) is 3.80. The Labute approximate surface area is 165 Å². The molecule has 1 fully saturated rings. The molecular formula is C24H24N2O2. The highest BCUT2D eigenvalue weighted by Crippen LogP contribution is 2.25. The van der Waals surface area contributed by atoms with E-state index in [2.05, 4.69) is 9.88 Å². The fourth-order valence-electron chi connectivity index (χ4n) is 3.68. The van der Waals surface area contributed by atoms with Gasteiger partial charge in [0.15, 0.2) is 5.78 Å². The van der Waals surface area contributed by atoms with Crippen LogP contribution in [0, 0.1) is 5.92 Å². The van der Waals surface area contributed by atoms with Gasteiger partial charge in [0.1, 0.15) is 11.5 Å². The summed E-state index contributed by atoms with van der Waals surface area (Å²) in [7, 11) is 0. The molecule has 1 aromatic heterocycles. The van der Waals surface area contributed by atoms with Gasteiger partial charge in [-0.25, -0.2) is 0 Å². The van der Waals surface area contributed by atoms with Crippen LogP contribution in [0.3, 0.4) is 0 Å². The first-order valence-electron chi connectivity index (χ1n) is 9.77. The van der Waals surface area contributed by atoms with Crippen LogP contribution >= 0.6 is 0 Å². The highest BCUT2D eigenvalue weighted by molar-refractivity contribution is 5.98. The number of Topliss-reactive ketones (excluding diaryl/α,β-unsaturated/α-hetero) is 1.